The van der Waals surface area contributed by atoms with Crippen LogP contribution in [0.5, 0.6) is 5.75 Å². The maximum atomic E-state index is 13.4. The minimum Gasteiger partial charge on any atom is -0.494 e. The quantitative estimate of drug-likeness (QED) is 0.743. The number of carbonyl (C=O) groups is 1. The maximum absolute atomic E-state index is 13.4. The van der Waals surface area contributed by atoms with E-state index in [1.807, 2.05) is 0 Å². The SMILES string of the molecule is CCC1(C(NC(=O)c2c(Cl)cncc2OC)C2CCCCC2)CCCCN1C. The maximum Gasteiger partial charge on any atom is 0.256 e. The van der Waals surface area contributed by atoms with Gasteiger partial charge >= 0.3 is 0 Å². The van der Waals surface area contributed by atoms with Crippen LogP contribution in [0.4, 0.5) is 0 Å². The third-order valence-corrected chi connectivity index (χ3v) is 7.31. The first kappa shape index (κ1) is 21.4. The van der Waals surface area contributed by atoms with E-state index >= 15 is 0 Å². The van der Waals surface area contributed by atoms with Crippen LogP contribution in [-0.2, 0) is 0 Å². The fraction of sp³-hybridized carbons (Fsp3) is 0.727. The van der Waals surface area contributed by atoms with Crippen LogP contribution >= 0.6 is 11.6 Å². The number of piperidine rings is 1. The lowest BCUT2D eigenvalue weighted by molar-refractivity contribution is 0.00476. The Hall–Kier alpha value is -1.33. The summed E-state index contributed by atoms with van der Waals surface area (Å²) in [7, 11) is 3.77. The van der Waals surface area contributed by atoms with E-state index in [0.29, 0.717) is 22.3 Å². The summed E-state index contributed by atoms with van der Waals surface area (Å²) in [6, 6.07) is 0.115. The zero-order chi connectivity index (χ0) is 20.1. The standard InChI is InChI=1S/C22H34ClN3O2/c1-4-22(12-8-9-13-26(22)2)20(16-10-6-5-7-11-16)25-21(27)19-17(23)14-24-15-18(19)28-3/h14-16,20H,4-13H2,1-3H3,(H,25,27). The van der Waals surface area contributed by atoms with Gasteiger partial charge < -0.3 is 10.1 Å². The smallest absolute Gasteiger partial charge is 0.256 e. The van der Waals surface area contributed by atoms with Gasteiger partial charge in [0.15, 0.2) is 5.75 Å². The summed E-state index contributed by atoms with van der Waals surface area (Å²) in [6.07, 6.45) is 13.8. The lowest BCUT2D eigenvalue weighted by atomic mass is 9.69. The van der Waals surface area contributed by atoms with Gasteiger partial charge in [-0.05, 0) is 51.6 Å². The number of aromatic nitrogens is 1. The number of ether oxygens (including phenoxy) is 1. The van der Waals surface area contributed by atoms with Gasteiger partial charge in [-0.1, -0.05) is 44.2 Å². The number of methoxy groups -OCH3 is 1. The molecule has 1 saturated heterocycles. The number of carbonyl (C=O) groups excluding carboxylic acids is 1. The average Bonchev–Trinajstić information content (AvgIpc) is 2.73. The molecular formula is C22H34ClN3O2. The second-order valence-corrected chi connectivity index (χ2v) is 8.79. The Morgan fingerprint density at radius 1 is 1.32 bits per heavy atom. The summed E-state index contributed by atoms with van der Waals surface area (Å²) in [5, 5.41) is 3.77. The van der Waals surface area contributed by atoms with Gasteiger partial charge in [0, 0.05) is 11.7 Å². The van der Waals surface area contributed by atoms with Crippen molar-refractivity contribution in [3.05, 3.63) is 23.0 Å². The first-order valence-electron chi connectivity index (χ1n) is 10.7. The number of halogens is 1. The molecule has 2 heterocycles. The highest BCUT2D eigenvalue weighted by molar-refractivity contribution is 6.34. The molecule has 5 nitrogen and oxygen atoms in total. The molecule has 1 saturated carbocycles. The van der Waals surface area contributed by atoms with Crippen molar-refractivity contribution in [2.24, 2.45) is 5.92 Å². The third kappa shape index (κ3) is 4.16. The van der Waals surface area contributed by atoms with Gasteiger partial charge in [0.25, 0.3) is 5.91 Å². The van der Waals surface area contributed by atoms with E-state index in [4.69, 9.17) is 16.3 Å². The number of likely N-dealkylation sites (N-methyl/N-ethyl adjacent to an activating group) is 1. The van der Waals surface area contributed by atoms with E-state index < -0.39 is 0 Å². The molecule has 2 atom stereocenters. The topological polar surface area (TPSA) is 54.5 Å². The number of nitrogens with zero attached hydrogens (tertiary/aromatic N) is 2. The monoisotopic (exact) mass is 407 g/mol. The van der Waals surface area contributed by atoms with Crippen molar-refractivity contribution in [2.75, 3.05) is 20.7 Å². The molecule has 1 aromatic heterocycles. The first-order chi connectivity index (χ1) is 13.5. The summed E-state index contributed by atoms with van der Waals surface area (Å²) in [4.78, 5) is 19.9. The predicted octanol–water partition coefficient (Wildman–Crippen LogP) is 4.69. The van der Waals surface area contributed by atoms with Gasteiger partial charge in [-0.15, -0.1) is 0 Å². The molecule has 1 N–H and O–H groups in total. The summed E-state index contributed by atoms with van der Waals surface area (Å²) >= 11 is 6.34. The second kappa shape index (κ2) is 9.45. The Bertz CT molecular complexity index is 678. The Morgan fingerprint density at radius 3 is 2.71 bits per heavy atom. The van der Waals surface area contributed by atoms with Crippen molar-refractivity contribution in [2.45, 2.75) is 76.3 Å². The molecule has 2 fully saturated rings. The van der Waals surface area contributed by atoms with Crippen LogP contribution in [0.1, 0.15) is 75.1 Å². The van der Waals surface area contributed by atoms with Crippen LogP contribution in [0.25, 0.3) is 0 Å². The van der Waals surface area contributed by atoms with E-state index in [-0.39, 0.29) is 17.5 Å². The molecule has 0 bridgehead atoms. The normalized spacial score (nSPS) is 25.3. The largest absolute Gasteiger partial charge is 0.494 e. The van der Waals surface area contributed by atoms with Crippen LogP contribution in [0.2, 0.25) is 5.02 Å². The number of likely N-dealkylation sites (tertiary alicyclic amines) is 1. The summed E-state index contributed by atoms with van der Waals surface area (Å²) in [6.45, 7) is 3.36. The Kier molecular flexibility index (Phi) is 7.21. The number of rotatable bonds is 6. The lowest BCUT2D eigenvalue weighted by Crippen LogP contribution is -2.65. The summed E-state index contributed by atoms with van der Waals surface area (Å²) < 4.78 is 5.37. The minimum absolute atomic E-state index is 0.00264. The molecule has 0 radical (unpaired) electrons. The van der Waals surface area contributed by atoms with Gasteiger partial charge in [0.05, 0.1) is 24.4 Å². The third-order valence-electron chi connectivity index (χ3n) is 7.02. The fourth-order valence-electron chi connectivity index (χ4n) is 5.42. The molecule has 1 aromatic rings. The number of nitrogens with one attached hydrogen (secondary N) is 1. The van der Waals surface area contributed by atoms with E-state index in [2.05, 4.69) is 29.2 Å². The zero-order valence-electron chi connectivity index (χ0n) is 17.5. The second-order valence-electron chi connectivity index (χ2n) is 8.38. The first-order valence-corrected chi connectivity index (χ1v) is 11.1. The average molecular weight is 408 g/mol. The molecule has 156 valence electrons. The van der Waals surface area contributed by atoms with Crippen molar-refractivity contribution < 1.29 is 9.53 Å². The summed E-state index contributed by atoms with van der Waals surface area (Å²) in [5.41, 5.74) is 0.396. The Labute approximate surface area is 174 Å². The van der Waals surface area contributed by atoms with E-state index in [0.717, 1.165) is 19.4 Å². The number of hydrogen-bond acceptors (Lipinski definition) is 4. The molecule has 28 heavy (non-hydrogen) atoms. The van der Waals surface area contributed by atoms with Crippen molar-refractivity contribution in [3.8, 4) is 5.75 Å². The van der Waals surface area contributed by atoms with Gasteiger partial charge in [-0.25, -0.2) is 0 Å². The fourth-order valence-corrected chi connectivity index (χ4v) is 5.65. The molecule has 1 amide bonds. The predicted molar refractivity (Wildman–Crippen MR) is 113 cm³/mol. The van der Waals surface area contributed by atoms with Crippen molar-refractivity contribution >= 4 is 17.5 Å². The lowest BCUT2D eigenvalue weighted by Gasteiger charge is -2.53. The van der Waals surface area contributed by atoms with Crippen LogP contribution in [0.3, 0.4) is 0 Å². The van der Waals surface area contributed by atoms with Crippen LogP contribution in [0.15, 0.2) is 12.4 Å². The molecule has 2 aliphatic rings. The number of amides is 1. The summed E-state index contributed by atoms with van der Waals surface area (Å²) in [5.74, 6) is 0.784. The van der Waals surface area contributed by atoms with Crippen LogP contribution < -0.4 is 10.1 Å². The number of pyridine rings is 1. The van der Waals surface area contributed by atoms with Crippen molar-refractivity contribution in [1.29, 1.82) is 0 Å². The highest BCUT2D eigenvalue weighted by Crippen LogP contribution is 2.40. The molecule has 1 aliphatic carbocycles. The molecule has 0 aromatic carbocycles. The van der Waals surface area contributed by atoms with E-state index in [1.54, 1.807) is 13.3 Å². The highest BCUT2D eigenvalue weighted by Gasteiger charge is 2.46. The molecule has 1 aliphatic heterocycles. The highest BCUT2D eigenvalue weighted by atomic mass is 35.5. The Morgan fingerprint density at radius 2 is 2.07 bits per heavy atom. The minimum atomic E-state index is -0.147. The van der Waals surface area contributed by atoms with E-state index in [1.165, 1.54) is 51.1 Å². The van der Waals surface area contributed by atoms with Crippen molar-refractivity contribution in [3.63, 3.8) is 0 Å². The van der Waals surface area contributed by atoms with Gasteiger partial charge in [-0.3, -0.25) is 14.7 Å². The van der Waals surface area contributed by atoms with E-state index in [9.17, 15) is 4.79 Å². The molecule has 2 unspecified atom stereocenters. The van der Waals surface area contributed by atoms with Crippen LogP contribution in [0, 0.1) is 5.92 Å². The molecule has 0 spiro atoms. The van der Waals surface area contributed by atoms with Gasteiger partial charge in [0.1, 0.15) is 5.56 Å². The Balaban J connectivity index is 1.94. The number of hydrogen-bond donors (Lipinski definition) is 1. The molecular weight excluding hydrogens is 374 g/mol. The molecule has 3 rings (SSSR count). The van der Waals surface area contributed by atoms with Crippen LogP contribution in [-0.4, -0.2) is 48.1 Å². The van der Waals surface area contributed by atoms with Gasteiger partial charge in [0.2, 0.25) is 0 Å². The zero-order valence-corrected chi connectivity index (χ0v) is 18.2. The van der Waals surface area contributed by atoms with Gasteiger partial charge in [-0.2, -0.15) is 0 Å². The molecule has 6 heteroatoms. The van der Waals surface area contributed by atoms with Crippen molar-refractivity contribution in [1.82, 2.24) is 15.2 Å².